The summed E-state index contributed by atoms with van der Waals surface area (Å²) in [5.41, 5.74) is 8.48. The molecule has 8 heteroatoms. The van der Waals surface area contributed by atoms with Crippen molar-refractivity contribution in [3.63, 3.8) is 0 Å². The number of esters is 1. The van der Waals surface area contributed by atoms with Crippen LogP contribution < -0.4 is 0 Å². The Morgan fingerprint density at radius 1 is 1.24 bits per heavy atom. The predicted octanol–water partition coefficient (Wildman–Crippen LogP) is 3.53. The Hall–Kier alpha value is -2.73. The molecule has 1 saturated heterocycles. The Kier molecular flexibility index (Phi) is 5.88. The van der Waals surface area contributed by atoms with Crippen LogP contribution in [0.15, 0.2) is 35.4 Å². The van der Waals surface area contributed by atoms with Gasteiger partial charge in [0.1, 0.15) is 11.7 Å². The van der Waals surface area contributed by atoms with Crippen molar-refractivity contribution in [3.8, 4) is 0 Å². The average molecular weight is 346 g/mol. The standard InChI is InChI=1S/C17H22N4O4/c1-17(2,3)25-16(23)21-10-13(19-20-18)9-14(11-21)24-15(22)12-7-5-4-6-8-12/h4-8,13-14H,9-11H2,1-3H3/t13-,14+/m1/s1. The number of rotatable bonds is 3. The molecule has 0 radical (unpaired) electrons. The summed E-state index contributed by atoms with van der Waals surface area (Å²) in [5.74, 6) is -0.476. The van der Waals surface area contributed by atoms with Gasteiger partial charge in [-0.25, -0.2) is 9.59 Å². The van der Waals surface area contributed by atoms with Crippen molar-refractivity contribution in [2.75, 3.05) is 13.1 Å². The fourth-order valence-electron chi connectivity index (χ4n) is 2.54. The van der Waals surface area contributed by atoms with E-state index in [1.54, 1.807) is 51.1 Å². The van der Waals surface area contributed by atoms with Crippen LogP contribution in [-0.2, 0) is 9.47 Å². The lowest BCUT2D eigenvalue weighted by molar-refractivity contribution is -0.0148. The first kappa shape index (κ1) is 18.6. The van der Waals surface area contributed by atoms with Gasteiger partial charge in [-0.15, -0.1) is 0 Å². The Morgan fingerprint density at radius 2 is 1.92 bits per heavy atom. The fraction of sp³-hybridized carbons (Fsp3) is 0.529. The van der Waals surface area contributed by atoms with Crippen molar-refractivity contribution >= 4 is 12.1 Å². The maximum Gasteiger partial charge on any atom is 0.410 e. The quantitative estimate of drug-likeness (QED) is 0.361. The molecule has 0 aromatic heterocycles. The number of carbonyl (C=O) groups is 2. The second-order valence-electron chi connectivity index (χ2n) is 6.87. The molecule has 0 aliphatic carbocycles. The van der Waals surface area contributed by atoms with Gasteiger partial charge in [0.2, 0.25) is 0 Å². The van der Waals surface area contributed by atoms with Gasteiger partial charge in [0.25, 0.3) is 0 Å². The van der Waals surface area contributed by atoms with E-state index in [0.29, 0.717) is 12.0 Å². The van der Waals surface area contributed by atoms with Crippen molar-refractivity contribution < 1.29 is 19.1 Å². The Labute approximate surface area is 146 Å². The molecule has 2 atom stereocenters. The molecule has 1 aromatic rings. The van der Waals surface area contributed by atoms with Gasteiger partial charge in [-0.3, -0.25) is 0 Å². The fourth-order valence-corrected chi connectivity index (χ4v) is 2.54. The highest BCUT2D eigenvalue weighted by Gasteiger charge is 2.34. The van der Waals surface area contributed by atoms with Crippen molar-refractivity contribution in [2.45, 2.75) is 44.9 Å². The third-order valence-corrected chi connectivity index (χ3v) is 3.54. The van der Waals surface area contributed by atoms with Crippen LogP contribution in [0.5, 0.6) is 0 Å². The highest BCUT2D eigenvalue weighted by molar-refractivity contribution is 5.89. The first-order valence-corrected chi connectivity index (χ1v) is 8.06. The van der Waals surface area contributed by atoms with Crippen LogP contribution in [-0.4, -0.2) is 47.8 Å². The Morgan fingerprint density at radius 3 is 2.52 bits per heavy atom. The minimum Gasteiger partial charge on any atom is -0.457 e. The van der Waals surface area contributed by atoms with Crippen molar-refractivity contribution in [3.05, 3.63) is 46.3 Å². The SMILES string of the molecule is CC(C)(C)OC(=O)N1C[C@H](N=[N+]=[N-])C[C@H](OC(=O)c2ccccc2)C1. The summed E-state index contributed by atoms with van der Waals surface area (Å²) in [4.78, 5) is 28.7. The zero-order chi connectivity index (χ0) is 18.4. The number of piperidine rings is 1. The molecule has 2 rings (SSSR count). The molecule has 0 bridgehead atoms. The molecule has 1 amide bonds. The summed E-state index contributed by atoms with van der Waals surface area (Å²) in [6, 6.07) is 8.13. The first-order chi connectivity index (χ1) is 11.8. The zero-order valence-electron chi connectivity index (χ0n) is 14.6. The van der Waals surface area contributed by atoms with Crippen molar-refractivity contribution in [1.82, 2.24) is 4.90 Å². The number of nitrogens with zero attached hydrogens (tertiary/aromatic N) is 4. The summed E-state index contributed by atoms with van der Waals surface area (Å²) in [5, 5.41) is 3.68. The third-order valence-electron chi connectivity index (χ3n) is 3.54. The minimum atomic E-state index is -0.640. The summed E-state index contributed by atoms with van der Waals surface area (Å²) in [7, 11) is 0. The van der Waals surface area contributed by atoms with Gasteiger partial charge in [0.15, 0.2) is 0 Å². The van der Waals surface area contributed by atoms with E-state index in [-0.39, 0.29) is 13.1 Å². The highest BCUT2D eigenvalue weighted by Crippen LogP contribution is 2.20. The van der Waals surface area contributed by atoms with Gasteiger partial charge < -0.3 is 14.4 Å². The van der Waals surface area contributed by atoms with E-state index >= 15 is 0 Å². The predicted molar refractivity (Wildman–Crippen MR) is 91.0 cm³/mol. The van der Waals surface area contributed by atoms with E-state index in [9.17, 15) is 9.59 Å². The molecule has 0 saturated carbocycles. The number of likely N-dealkylation sites (tertiary alicyclic amines) is 1. The van der Waals surface area contributed by atoms with E-state index < -0.39 is 29.8 Å². The van der Waals surface area contributed by atoms with Crippen molar-refractivity contribution in [1.29, 1.82) is 0 Å². The van der Waals surface area contributed by atoms with E-state index in [1.807, 2.05) is 0 Å². The molecule has 1 heterocycles. The monoisotopic (exact) mass is 346 g/mol. The average Bonchev–Trinajstić information content (AvgIpc) is 2.54. The number of carbonyl (C=O) groups excluding carboxylic acids is 2. The molecule has 25 heavy (non-hydrogen) atoms. The molecule has 0 N–H and O–H groups in total. The lowest BCUT2D eigenvalue weighted by Crippen LogP contribution is -2.50. The third kappa shape index (κ3) is 5.69. The second kappa shape index (κ2) is 7.90. The summed E-state index contributed by atoms with van der Waals surface area (Å²) >= 11 is 0. The molecule has 1 aliphatic heterocycles. The molecule has 8 nitrogen and oxygen atoms in total. The van der Waals surface area contributed by atoms with E-state index in [4.69, 9.17) is 15.0 Å². The van der Waals surface area contributed by atoms with E-state index in [1.165, 1.54) is 4.90 Å². The molecular weight excluding hydrogens is 324 g/mol. The number of hydrogen-bond acceptors (Lipinski definition) is 5. The number of amides is 1. The van der Waals surface area contributed by atoms with Gasteiger partial charge >= 0.3 is 12.1 Å². The number of hydrogen-bond donors (Lipinski definition) is 0. The van der Waals surface area contributed by atoms with Crippen LogP contribution in [0, 0.1) is 0 Å². The molecule has 1 aliphatic rings. The maximum absolute atomic E-state index is 12.3. The summed E-state index contributed by atoms with van der Waals surface area (Å²) < 4.78 is 10.8. The topological polar surface area (TPSA) is 105 Å². The minimum absolute atomic E-state index is 0.199. The second-order valence-corrected chi connectivity index (χ2v) is 6.87. The van der Waals surface area contributed by atoms with Gasteiger partial charge in [-0.05, 0) is 44.9 Å². The van der Waals surface area contributed by atoms with Gasteiger partial charge in [0.05, 0.1) is 18.2 Å². The molecule has 134 valence electrons. The van der Waals surface area contributed by atoms with Gasteiger partial charge in [-0.1, -0.05) is 23.3 Å². The number of azide groups is 1. The zero-order valence-corrected chi connectivity index (χ0v) is 14.6. The largest absolute Gasteiger partial charge is 0.457 e. The van der Waals surface area contributed by atoms with Crippen LogP contribution in [0.2, 0.25) is 0 Å². The van der Waals surface area contributed by atoms with Crippen LogP contribution in [0.3, 0.4) is 0 Å². The Balaban J connectivity index is 2.08. The Bertz CT molecular complexity index is 665. The van der Waals surface area contributed by atoms with Crippen LogP contribution in [0.1, 0.15) is 37.6 Å². The molecule has 0 unspecified atom stereocenters. The first-order valence-electron chi connectivity index (χ1n) is 8.06. The van der Waals surface area contributed by atoms with E-state index in [2.05, 4.69) is 10.0 Å². The molecule has 1 fully saturated rings. The van der Waals surface area contributed by atoms with Crippen molar-refractivity contribution in [2.24, 2.45) is 5.11 Å². The molecule has 0 spiro atoms. The van der Waals surface area contributed by atoms with Crippen LogP contribution >= 0.6 is 0 Å². The van der Waals surface area contributed by atoms with E-state index in [0.717, 1.165) is 0 Å². The lowest BCUT2D eigenvalue weighted by atomic mass is 10.0. The van der Waals surface area contributed by atoms with Gasteiger partial charge in [0, 0.05) is 11.5 Å². The maximum atomic E-state index is 12.3. The summed E-state index contributed by atoms with van der Waals surface area (Å²) in [6.45, 7) is 5.75. The highest BCUT2D eigenvalue weighted by atomic mass is 16.6. The normalized spacial score (nSPS) is 20.4. The summed E-state index contributed by atoms with van der Waals surface area (Å²) in [6.07, 6.45) is -0.724. The molecule has 1 aromatic carbocycles. The number of ether oxygens (including phenoxy) is 2. The van der Waals surface area contributed by atoms with Gasteiger partial charge in [-0.2, -0.15) is 0 Å². The smallest absolute Gasteiger partial charge is 0.410 e. The van der Waals surface area contributed by atoms with Crippen LogP contribution in [0.25, 0.3) is 10.4 Å². The lowest BCUT2D eigenvalue weighted by Gasteiger charge is -2.36. The van der Waals surface area contributed by atoms with Crippen LogP contribution in [0.4, 0.5) is 4.79 Å². The number of benzene rings is 1. The molecular formula is C17H22N4O4.